The summed E-state index contributed by atoms with van der Waals surface area (Å²) in [6.45, 7) is 0. The van der Waals surface area contributed by atoms with E-state index in [1.165, 1.54) is 18.2 Å². The largest absolute Gasteiger partial charge is 0.478 e. The van der Waals surface area contributed by atoms with Gasteiger partial charge in [0.2, 0.25) is 0 Å². The summed E-state index contributed by atoms with van der Waals surface area (Å²) < 4.78 is 29.5. The van der Waals surface area contributed by atoms with Gasteiger partial charge in [-0.05, 0) is 12.1 Å². The van der Waals surface area contributed by atoms with Crippen LogP contribution in [0.5, 0.6) is 0 Å². The van der Waals surface area contributed by atoms with Crippen molar-refractivity contribution >= 4 is 16.9 Å². The van der Waals surface area contributed by atoms with E-state index in [-0.39, 0.29) is 16.5 Å². The molecule has 1 N–H and O–H groups in total. The molecule has 1 heterocycles. The topological polar surface area (TPSA) is 63.3 Å². The Kier molecular flexibility index (Phi) is 2.11. The number of carboxylic acids is 1. The quantitative estimate of drug-likeness (QED) is 0.832. The fourth-order valence-corrected chi connectivity index (χ4v) is 1.34. The van der Waals surface area contributed by atoms with E-state index in [2.05, 4.69) is 9.68 Å². The van der Waals surface area contributed by atoms with E-state index < -0.39 is 18.1 Å². The van der Waals surface area contributed by atoms with Gasteiger partial charge in [-0.3, -0.25) is 0 Å². The molecule has 2 aromatic rings. The Bertz CT molecular complexity index is 521. The van der Waals surface area contributed by atoms with Crippen LogP contribution in [-0.4, -0.2) is 16.2 Å². The molecule has 15 heavy (non-hydrogen) atoms. The van der Waals surface area contributed by atoms with Gasteiger partial charge in [0.05, 0.1) is 10.9 Å². The van der Waals surface area contributed by atoms with Gasteiger partial charge in [-0.15, -0.1) is 0 Å². The zero-order valence-electron chi connectivity index (χ0n) is 7.28. The number of fused-ring (bicyclic) bond motifs is 1. The summed E-state index contributed by atoms with van der Waals surface area (Å²) in [6, 6.07) is 4.03. The standard InChI is InChI=1S/C9H5F2NO3/c10-8(11)7-6-4(9(13)14)2-1-3-5(6)15-12-7/h1-3,8H,(H,13,14). The monoisotopic (exact) mass is 213 g/mol. The summed E-state index contributed by atoms with van der Waals surface area (Å²) in [5.41, 5.74) is -0.822. The SMILES string of the molecule is O=C(O)c1cccc2onc(C(F)F)c12. The maximum absolute atomic E-state index is 12.5. The van der Waals surface area contributed by atoms with Crippen molar-refractivity contribution in [2.75, 3.05) is 0 Å². The van der Waals surface area contributed by atoms with E-state index in [4.69, 9.17) is 5.11 Å². The molecule has 0 saturated heterocycles. The normalized spacial score (nSPS) is 11.1. The number of aromatic nitrogens is 1. The molecule has 0 amide bonds. The molecule has 0 spiro atoms. The minimum absolute atomic E-state index is 0.0465. The molecule has 78 valence electrons. The van der Waals surface area contributed by atoms with Crippen molar-refractivity contribution in [1.82, 2.24) is 5.16 Å². The van der Waals surface area contributed by atoms with Crippen LogP contribution in [0.15, 0.2) is 22.7 Å². The minimum Gasteiger partial charge on any atom is -0.478 e. The third-order valence-electron chi connectivity index (χ3n) is 1.96. The minimum atomic E-state index is -2.85. The lowest BCUT2D eigenvalue weighted by molar-refractivity contribution is 0.0699. The smallest absolute Gasteiger partial charge is 0.336 e. The number of halogens is 2. The van der Waals surface area contributed by atoms with Crippen LogP contribution in [0.1, 0.15) is 22.5 Å². The Hall–Kier alpha value is -1.98. The molecule has 0 atom stereocenters. The third-order valence-corrected chi connectivity index (χ3v) is 1.96. The lowest BCUT2D eigenvalue weighted by Gasteiger charge is -1.97. The highest BCUT2D eigenvalue weighted by Crippen LogP contribution is 2.29. The third kappa shape index (κ3) is 1.43. The van der Waals surface area contributed by atoms with E-state index in [9.17, 15) is 13.6 Å². The van der Waals surface area contributed by atoms with Gasteiger partial charge in [0.25, 0.3) is 6.43 Å². The summed E-state index contributed by atoms with van der Waals surface area (Å²) in [4.78, 5) is 10.8. The predicted octanol–water partition coefficient (Wildman–Crippen LogP) is 2.46. The van der Waals surface area contributed by atoms with E-state index >= 15 is 0 Å². The van der Waals surface area contributed by atoms with Crippen LogP contribution >= 0.6 is 0 Å². The molecular weight excluding hydrogens is 208 g/mol. The average molecular weight is 213 g/mol. The highest BCUT2D eigenvalue weighted by molar-refractivity contribution is 6.03. The van der Waals surface area contributed by atoms with Gasteiger partial charge in [-0.2, -0.15) is 0 Å². The number of hydrogen-bond donors (Lipinski definition) is 1. The summed E-state index contributed by atoms with van der Waals surface area (Å²) in [5.74, 6) is -1.29. The molecule has 0 saturated carbocycles. The van der Waals surface area contributed by atoms with Crippen molar-refractivity contribution in [3.8, 4) is 0 Å². The molecule has 6 heteroatoms. The number of carboxylic acid groups (broad SMARTS) is 1. The van der Waals surface area contributed by atoms with Crippen molar-refractivity contribution in [1.29, 1.82) is 0 Å². The molecule has 0 unspecified atom stereocenters. The summed E-state index contributed by atoms with van der Waals surface area (Å²) in [5, 5.41) is 11.8. The predicted molar refractivity (Wildman–Crippen MR) is 45.9 cm³/mol. The fourth-order valence-electron chi connectivity index (χ4n) is 1.34. The van der Waals surface area contributed by atoms with Gasteiger partial charge >= 0.3 is 5.97 Å². The Morgan fingerprint density at radius 3 is 2.80 bits per heavy atom. The molecule has 0 radical (unpaired) electrons. The van der Waals surface area contributed by atoms with Crippen LogP contribution in [0, 0.1) is 0 Å². The maximum atomic E-state index is 12.5. The van der Waals surface area contributed by atoms with Gasteiger partial charge in [-0.25, -0.2) is 13.6 Å². The van der Waals surface area contributed by atoms with E-state index in [0.29, 0.717) is 0 Å². The molecule has 0 fully saturated rings. The van der Waals surface area contributed by atoms with Crippen molar-refractivity contribution in [3.63, 3.8) is 0 Å². The zero-order valence-corrected chi connectivity index (χ0v) is 7.28. The number of alkyl halides is 2. The summed E-state index contributed by atoms with van der Waals surface area (Å²) >= 11 is 0. The van der Waals surface area contributed by atoms with E-state index in [1.807, 2.05) is 0 Å². The van der Waals surface area contributed by atoms with Gasteiger partial charge in [0.1, 0.15) is 0 Å². The van der Waals surface area contributed by atoms with Gasteiger partial charge in [0, 0.05) is 0 Å². The van der Waals surface area contributed by atoms with Crippen molar-refractivity contribution < 1.29 is 23.2 Å². The molecule has 0 aliphatic carbocycles. The Balaban J connectivity index is 2.80. The molecule has 0 aliphatic heterocycles. The van der Waals surface area contributed by atoms with Crippen LogP contribution in [0.4, 0.5) is 8.78 Å². The Labute approximate surface area is 82.1 Å². The Morgan fingerprint density at radius 2 is 2.20 bits per heavy atom. The first kappa shape index (κ1) is 9.57. The molecule has 2 rings (SSSR count). The van der Waals surface area contributed by atoms with Gasteiger partial charge < -0.3 is 9.63 Å². The molecule has 0 bridgehead atoms. The number of aromatic carboxylic acids is 1. The van der Waals surface area contributed by atoms with Gasteiger partial charge in [-0.1, -0.05) is 11.2 Å². The van der Waals surface area contributed by atoms with E-state index in [0.717, 1.165) is 0 Å². The van der Waals surface area contributed by atoms with Crippen molar-refractivity contribution in [2.24, 2.45) is 0 Å². The van der Waals surface area contributed by atoms with Crippen molar-refractivity contribution in [3.05, 3.63) is 29.5 Å². The first-order valence-electron chi connectivity index (χ1n) is 4.01. The van der Waals surface area contributed by atoms with E-state index in [1.54, 1.807) is 0 Å². The second-order valence-electron chi connectivity index (χ2n) is 2.85. The highest BCUT2D eigenvalue weighted by atomic mass is 19.3. The second-order valence-corrected chi connectivity index (χ2v) is 2.85. The van der Waals surface area contributed by atoms with Crippen LogP contribution in [-0.2, 0) is 0 Å². The second kappa shape index (κ2) is 3.30. The van der Waals surface area contributed by atoms with Crippen molar-refractivity contribution in [2.45, 2.75) is 6.43 Å². The molecule has 1 aromatic carbocycles. The summed E-state index contributed by atoms with van der Waals surface area (Å²) in [7, 11) is 0. The van der Waals surface area contributed by atoms with Crippen LogP contribution in [0.25, 0.3) is 11.0 Å². The fraction of sp³-hybridized carbons (Fsp3) is 0.111. The van der Waals surface area contributed by atoms with Crippen LogP contribution in [0.2, 0.25) is 0 Å². The lowest BCUT2D eigenvalue weighted by Crippen LogP contribution is -1.98. The Morgan fingerprint density at radius 1 is 1.47 bits per heavy atom. The molecule has 0 aliphatic rings. The molecule has 4 nitrogen and oxygen atoms in total. The average Bonchev–Trinajstić information content (AvgIpc) is 2.60. The zero-order chi connectivity index (χ0) is 11.0. The number of nitrogens with zero attached hydrogens (tertiary/aromatic N) is 1. The number of benzene rings is 1. The summed E-state index contributed by atoms with van der Waals surface area (Å²) in [6.07, 6.45) is -2.85. The molecular formula is C9H5F2NO3. The maximum Gasteiger partial charge on any atom is 0.336 e. The number of carbonyl (C=O) groups is 1. The first-order chi connectivity index (χ1) is 7.11. The highest BCUT2D eigenvalue weighted by Gasteiger charge is 2.22. The number of rotatable bonds is 2. The number of hydrogen-bond acceptors (Lipinski definition) is 3. The van der Waals surface area contributed by atoms with Crippen LogP contribution < -0.4 is 0 Å². The first-order valence-corrected chi connectivity index (χ1v) is 4.01. The van der Waals surface area contributed by atoms with Gasteiger partial charge in [0.15, 0.2) is 11.3 Å². The molecule has 1 aromatic heterocycles. The lowest BCUT2D eigenvalue weighted by atomic mass is 10.1. The van der Waals surface area contributed by atoms with Crippen LogP contribution in [0.3, 0.4) is 0 Å².